The highest BCUT2D eigenvalue weighted by atomic mass is 32.2. The van der Waals surface area contributed by atoms with Crippen LogP contribution in [0.5, 0.6) is 5.75 Å². The van der Waals surface area contributed by atoms with E-state index in [4.69, 9.17) is 4.74 Å². The number of ketones is 1. The number of pyridine rings is 1. The van der Waals surface area contributed by atoms with Crippen LogP contribution in [-0.4, -0.2) is 22.6 Å². The molecule has 0 saturated heterocycles. The molecule has 19 heavy (non-hydrogen) atoms. The Balaban J connectivity index is 1.70. The van der Waals surface area contributed by atoms with E-state index in [1.165, 1.54) is 0 Å². The number of aromatic nitrogens is 1. The second-order valence-corrected chi connectivity index (χ2v) is 5.42. The number of rotatable bonds is 3. The summed E-state index contributed by atoms with van der Waals surface area (Å²) in [4.78, 5) is 17.3. The van der Waals surface area contributed by atoms with E-state index in [0.29, 0.717) is 12.2 Å². The lowest BCUT2D eigenvalue weighted by Gasteiger charge is -2.24. The summed E-state index contributed by atoms with van der Waals surface area (Å²) < 4.78 is 5.78. The lowest BCUT2D eigenvalue weighted by Crippen LogP contribution is -2.33. The van der Waals surface area contributed by atoms with Gasteiger partial charge in [-0.3, -0.25) is 9.78 Å². The predicted octanol–water partition coefficient (Wildman–Crippen LogP) is 2.75. The zero-order valence-electron chi connectivity index (χ0n) is 10.3. The second-order valence-electron chi connectivity index (χ2n) is 4.36. The standard InChI is InChI=1S/C15H13NO2S/c17-12(9-11-5-7-16-8-6-11)14-10-19-15-4-2-1-3-13(15)18-14/h1-8,14H,9-10H2. The van der Waals surface area contributed by atoms with Gasteiger partial charge in [0, 0.05) is 29.5 Å². The highest BCUT2D eigenvalue weighted by molar-refractivity contribution is 7.99. The van der Waals surface area contributed by atoms with E-state index >= 15 is 0 Å². The van der Waals surface area contributed by atoms with E-state index in [9.17, 15) is 4.79 Å². The van der Waals surface area contributed by atoms with Gasteiger partial charge in [0.15, 0.2) is 11.9 Å². The maximum atomic E-state index is 12.2. The highest BCUT2D eigenvalue weighted by Gasteiger charge is 2.26. The third kappa shape index (κ3) is 2.79. The van der Waals surface area contributed by atoms with Crippen molar-refractivity contribution in [1.82, 2.24) is 4.98 Å². The van der Waals surface area contributed by atoms with Gasteiger partial charge < -0.3 is 4.74 Å². The topological polar surface area (TPSA) is 39.2 Å². The molecule has 1 aromatic carbocycles. The van der Waals surface area contributed by atoms with Crippen molar-refractivity contribution in [1.29, 1.82) is 0 Å². The van der Waals surface area contributed by atoms with Crippen molar-refractivity contribution in [2.75, 3.05) is 5.75 Å². The van der Waals surface area contributed by atoms with Crippen LogP contribution in [0, 0.1) is 0 Å². The number of para-hydroxylation sites is 1. The molecule has 0 radical (unpaired) electrons. The number of carbonyl (C=O) groups is 1. The fourth-order valence-corrected chi connectivity index (χ4v) is 3.01. The molecule has 1 unspecified atom stereocenters. The minimum Gasteiger partial charge on any atom is -0.481 e. The number of benzene rings is 1. The summed E-state index contributed by atoms with van der Waals surface area (Å²) in [6, 6.07) is 11.6. The summed E-state index contributed by atoms with van der Waals surface area (Å²) in [5.74, 6) is 1.61. The molecule has 3 nitrogen and oxygen atoms in total. The lowest BCUT2D eigenvalue weighted by molar-refractivity contribution is -0.124. The number of hydrogen-bond acceptors (Lipinski definition) is 4. The Morgan fingerprint density at radius 1 is 1.26 bits per heavy atom. The number of fused-ring (bicyclic) bond motifs is 1. The van der Waals surface area contributed by atoms with Crippen molar-refractivity contribution < 1.29 is 9.53 Å². The van der Waals surface area contributed by atoms with E-state index < -0.39 is 0 Å². The number of carbonyl (C=O) groups excluding carboxylic acids is 1. The van der Waals surface area contributed by atoms with Gasteiger partial charge >= 0.3 is 0 Å². The van der Waals surface area contributed by atoms with Crippen LogP contribution < -0.4 is 4.74 Å². The van der Waals surface area contributed by atoms with Crippen molar-refractivity contribution in [3.8, 4) is 5.75 Å². The third-order valence-electron chi connectivity index (χ3n) is 3.00. The first-order chi connectivity index (χ1) is 9.33. The summed E-state index contributed by atoms with van der Waals surface area (Å²) in [6.07, 6.45) is 3.45. The zero-order chi connectivity index (χ0) is 13.1. The van der Waals surface area contributed by atoms with Gasteiger partial charge in [-0.25, -0.2) is 0 Å². The summed E-state index contributed by atoms with van der Waals surface area (Å²) in [5, 5.41) is 0. The molecule has 0 amide bonds. The molecule has 0 bridgehead atoms. The Morgan fingerprint density at radius 3 is 2.89 bits per heavy atom. The molecule has 1 aliphatic heterocycles. The first-order valence-corrected chi connectivity index (χ1v) is 7.11. The average Bonchev–Trinajstić information content (AvgIpc) is 2.48. The van der Waals surface area contributed by atoms with Crippen molar-refractivity contribution in [2.45, 2.75) is 17.4 Å². The molecule has 0 saturated carbocycles. The molecule has 96 valence electrons. The molecule has 0 fully saturated rings. The van der Waals surface area contributed by atoms with Crippen LogP contribution >= 0.6 is 11.8 Å². The predicted molar refractivity (Wildman–Crippen MR) is 74.5 cm³/mol. The Morgan fingerprint density at radius 2 is 2.05 bits per heavy atom. The fourth-order valence-electron chi connectivity index (χ4n) is 1.99. The number of hydrogen-bond donors (Lipinski definition) is 0. The molecular formula is C15H13NO2S. The maximum Gasteiger partial charge on any atom is 0.178 e. The number of thioether (sulfide) groups is 1. The van der Waals surface area contributed by atoms with Crippen LogP contribution in [0.25, 0.3) is 0 Å². The number of nitrogens with zero attached hydrogens (tertiary/aromatic N) is 1. The van der Waals surface area contributed by atoms with Gasteiger partial charge in [0.25, 0.3) is 0 Å². The molecule has 0 spiro atoms. The van der Waals surface area contributed by atoms with E-state index in [-0.39, 0.29) is 11.9 Å². The van der Waals surface area contributed by atoms with Gasteiger partial charge in [0.05, 0.1) is 0 Å². The largest absolute Gasteiger partial charge is 0.481 e. The second kappa shape index (κ2) is 5.45. The maximum absolute atomic E-state index is 12.2. The summed E-state index contributed by atoms with van der Waals surface area (Å²) in [7, 11) is 0. The molecule has 2 aromatic rings. The van der Waals surface area contributed by atoms with Crippen LogP contribution in [0.2, 0.25) is 0 Å². The Labute approximate surface area is 116 Å². The molecule has 0 aliphatic carbocycles. The SMILES string of the molecule is O=C(Cc1ccncc1)C1CSc2ccccc2O1. The third-order valence-corrected chi connectivity index (χ3v) is 4.11. The van der Waals surface area contributed by atoms with Crippen molar-refractivity contribution in [3.63, 3.8) is 0 Å². The van der Waals surface area contributed by atoms with Crippen LogP contribution in [0.4, 0.5) is 0 Å². The van der Waals surface area contributed by atoms with Crippen molar-refractivity contribution in [2.24, 2.45) is 0 Å². The highest BCUT2D eigenvalue weighted by Crippen LogP contribution is 2.35. The molecule has 3 rings (SSSR count). The van der Waals surface area contributed by atoms with Crippen LogP contribution in [0.15, 0.2) is 53.7 Å². The van der Waals surface area contributed by atoms with Gasteiger partial charge in [-0.2, -0.15) is 0 Å². The average molecular weight is 271 g/mol. The molecule has 2 heterocycles. The summed E-state index contributed by atoms with van der Waals surface area (Å²) in [5.41, 5.74) is 0.979. The van der Waals surface area contributed by atoms with Gasteiger partial charge in [-0.15, -0.1) is 11.8 Å². The van der Waals surface area contributed by atoms with Crippen LogP contribution in [-0.2, 0) is 11.2 Å². The van der Waals surface area contributed by atoms with Crippen LogP contribution in [0.1, 0.15) is 5.56 Å². The number of ether oxygens (including phenoxy) is 1. The molecule has 1 aliphatic rings. The van der Waals surface area contributed by atoms with Gasteiger partial charge in [0.1, 0.15) is 5.75 Å². The summed E-state index contributed by atoms with van der Waals surface area (Å²) >= 11 is 1.68. The van der Waals surface area contributed by atoms with E-state index in [0.717, 1.165) is 16.2 Å². The van der Waals surface area contributed by atoms with Gasteiger partial charge in [-0.1, -0.05) is 12.1 Å². The fraction of sp³-hybridized carbons (Fsp3) is 0.200. The molecule has 4 heteroatoms. The first-order valence-electron chi connectivity index (χ1n) is 6.13. The smallest absolute Gasteiger partial charge is 0.178 e. The normalized spacial score (nSPS) is 17.4. The number of Topliss-reactive ketones (excluding diaryl/α,β-unsaturated/α-hetero) is 1. The minimum absolute atomic E-state index is 0.119. The molecular weight excluding hydrogens is 258 g/mol. The summed E-state index contributed by atoms with van der Waals surface area (Å²) in [6.45, 7) is 0. The van der Waals surface area contributed by atoms with Crippen LogP contribution in [0.3, 0.4) is 0 Å². The molecule has 1 atom stereocenters. The Kier molecular flexibility index (Phi) is 3.51. The lowest BCUT2D eigenvalue weighted by atomic mass is 10.1. The monoisotopic (exact) mass is 271 g/mol. The van der Waals surface area contributed by atoms with E-state index in [1.807, 2.05) is 36.4 Å². The molecule has 0 N–H and O–H groups in total. The first kappa shape index (κ1) is 12.2. The van der Waals surface area contributed by atoms with Gasteiger partial charge in [0.2, 0.25) is 0 Å². The van der Waals surface area contributed by atoms with E-state index in [2.05, 4.69) is 4.98 Å². The Hall–Kier alpha value is -1.81. The zero-order valence-corrected chi connectivity index (χ0v) is 11.1. The van der Waals surface area contributed by atoms with Gasteiger partial charge in [-0.05, 0) is 29.8 Å². The van der Waals surface area contributed by atoms with Crippen molar-refractivity contribution in [3.05, 3.63) is 54.4 Å². The quantitative estimate of drug-likeness (QED) is 0.860. The minimum atomic E-state index is -0.354. The Bertz CT molecular complexity index is 586. The molecule has 1 aromatic heterocycles. The van der Waals surface area contributed by atoms with E-state index in [1.54, 1.807) is 24.2 Å². The van der Waals surface area contributed by atoms with Crippen molar-refractivity contribution >= 4 is 17.5 Å².